The monoisotopic (exact) mass is 386 g/mol. The summed E-state index contributed by atoms with van der Waals surface area (Å²) in [5.41, 5.74) is 3.23. The number of benzene rings is 2. The molecule has 0 bridgehead atoms. The molecule has 5 nitrogen and oxygen atoms in total. The van der Waals surface area contributed by atoms with E-state index in [9.17, 15) is 4.79 Å². The van der Waals surface area contributed by atoms with Gasteiger partial charge in [0.05, 0.1) is 18.1 Å². The fourth-order valence-electron chi connectivity index (χ4n) is 2.68. The first-order valence-electron chi connectivity index (χ1n) is 8.81. The molecule has 0 saturated heterocycles. The Labute approximate surface area is 167 Å². The molecule has 0 unspecified atom stereocenters. The molecule has 4 rings (SSSR count). The van der Waals surface area contributed by atoms with Gasteiger partial charge in [-0.3, -0.25) is 9.78 Å². The number of thioether (sulfide) groups is 1. The third-order valence-corrected chi connectivity index (χ3v) is 5.12. The highest BCUT2D eigenvalue weighted by molar-refractivity contribution is 7.98. The summed E-state index contributed by atoms with van der Waals surface area (Å²) in [5, 5.41) is 2.88. The molecular weight excluding hydrogens is 368 g/mol. The van der Waals surface area contributed by atoms with Crippen LogP contribution < -0.4 is 5.32 Å². The number of nitrogens with one attached hydrogen (secondary N) is 2. The van der Waals surface area contributed by atoms with Crippen LogP contribution in [0.1, 0.15) is 16.1 Å². The van der Waals surface area contributed by atoms with E-state index in [0.29, 0.717) is 17.2 Å². The summed E-state index contributed by atoms with van der Waals surface area (Å²) in [6, 6.07) is 21.9. The minimum atomic E-state index is -0.248. The molecule has 0 aliphatic carbocycles. The first-order chi connectivity index (χ1) is 13.8. The molecule has 0 saturated carbocycles. The van der Waals surface area contributed by atoms with Crippen molar-refractivity contribution in [3.8, 4) is 11.4 Å². The van der Waals surface area contributed by atoms with Crippen LogP contribution in [-0.2, 0) is 5.75 Å². The highest BCUT2D eigenvalue weighted by atomic mass is 32.2. The van der Waals surface area contributed by atoms with E-state index in [1.807, 2.05) is 54.6 Å². The van der Waals surface area contributed by atoms with Gasteiger partial charge in [0.1, 0.15) is 11.5 Å². The molecule has 0 radical (unpaired) electrons. The second-order valence-corrected chi connectivity index (χ2v) is 7.20. The fourth-order valence-corrected chi connectivity index (χ4v) is 3.56. The summed E-state index contributed by atoms with van der Waals surface area (Å²) >= 11 is 1.68. The molecule has 0 aliphatic heterocycles. The Morgan fingerprint density at radius 3 is 2.50 bits per heavy atom. The Morgan fingerprint density at radius 1 is 0.964 bits per heavy atom. The van der Waals surface area contributed by atoms with Gasteiger partial charge in [0.2, 0.25) is 0 Å². The largest absolute Gasteiger partial charge is 0.334 e. The quantitative estimate of drug-likeness (QED) is 0.457. The molecule has 2 aromatic heterocycles. The number of rotatable bonds is 6. The zero-order valence-electron chi connectivity index (χ0n) is 15.0. The zero-order chi connectivity index (χ0) is 19.2. The molecule has 2 aromatic carbocycles. The van der Waals surface area contributed by atoms with Crippen LogP contribution in [0.4, 0.5) is 5.69 Å². The molecule has 138 valence electrons. The van der Waals surface area contributed by atoms with Gasteiger partial charge in [-0.15, -0.1) is 11.8 Å². The number of aromatic nitrogens is 3. The summed E-state index contributed by atoms with van der Waals surface area (Å²) in [4.78, 5) is 25.1. The zero-order valence-corrected chi connectivity index (χ0v) is 15.8. The van der Waals surface area contributed by atoms with Crippen LogP contribution in [0.5, 0.6) is 0 Å². The molecular formula is C22H18N4OS. The SMILES string of the molecule is O=C(Nc1cncc(SCc2ccccc2)c1)c1cnc(-c2ccccc2)[nH]1. The van der Waals surface area contributed by atoms with Crippen LogP contribution in [0.2, 0.25) is 0 Å². The van der Waals surface area contributed by atoms with Crippen molar-refractivity contribution in [2.24, 2.45) is 0 Å². The molecule has 2 N–H and O–H groups in total. The third kappa shape index (κ3) is 4.47. The van der Waals surface area contributed by atoms with Crippen LogP contribution in [0.3, 0.4) is 0 Å². The molecule has 6 heteroatoms. The van der Waals surface area contributed by atoms with Crippen molar-refractivity contribution in [1.29, 1.82) is 0 Å². The summed E-state index contributed by atoms with van der Waals surface area (Å²) in [6.07, 6.45) is 4.98. The first-order valence-corrected chi connectivity index (χ1v) is 9.80. The van der Waals surface area contributed by atoms with Gasteiger partial charge >= 0.3 is 0 Å². The number of nitrogens with zero attached hydrogens (tertiary/aromatic N) is 2. The van der Waals surface area contributed by atoms with Crippen molar-refractivity contribution in [3.05, 3.63) is 96.6 Å². The molecule has 2 heterocycles. The van der Waals surface area contributed by atoms with Gasteiger partial charge in [0.25, 0.3) is 5.91 Å². The number of pyridine rings is 1. The number of imidazole rings is 1. The maximum atomic E-state index is 12.5. The minimum absolute atomic E-state index is 0.248. The van der Waals surface area contributed by atoms with Gasteiger partial charge < -0.3 is 10.3 Å². The average Bonchev–Trinajstić information content (AvgIpc) is 3.25. The van der Waals surface area contributed by atoms with Crippen LogP contribution in [0, 0.1) is 0 Å². The number of hydrogen-bond acceptors (Lipinski definition) is 4. The van der Waals surface area contributed by atoms with Crippen molar-refractivity contribution >= 4 is 23.4 Å². The first kappa shape index (κ1) is 18.0. The third-order valence-electron chi connectivity index (χ3n) is 4.09. The molecule has 0 atom stereocenters. The van der Waals surface area contributed by atoms with Gasteiger partial charge in [-0.1, -0.05) is 60.7 Å². The maximum absolute atomic E-state index is 12.5. The van der Waals surface area contributed by atoms with E-state index in [1.54, 1.807) is 30.4 Å². The Bertz CT molecular complexity index is 1060. The van der Waals surface area contributed by atoms with E-state index >= 15 is 0 Å². The van der Waals surface area contributed by atoms with Gasteiger partial charge in [0.15, 0.2) is 0 Å². The summed E-state index contributed by atoms with van der Waals surface area (Å²) in [5.74, 6) is 1.26. The number of H-pyrrole nitrogens is 1. The lowest BCUT2D eigenvalue weighted by molar-refractivity contribution is 0.102. The Hall–Kier alpha value is -3.38. The molecule has 28 heavy (non-hydrogen) atoms. The summed E-state index contributed by atoms with van der Waals surface area (Å²) < 4.78 is 0. The fraction of sp³-hybridized carbons (Fsp3) is 0.0455. The van der Waals surface area contributed by atoms with Crippen molar-refractivity contribution in [1.82, 2.24) is 15.0 Å². The number of carbonyl (C=O) groups excluding carboxylic acids is 1. The minimum Gasteiger partial charge on any atom is -0.334 e. The van der Waals surface area contributed by atoms with Crippen molar-refractivity contribution in [2.75, 3.05) is 5.32 Å². The number of carbonyl (C=O) groups is 1. The van der Waals surface area contributed by atoms with E-state index in [1.165, 1.54) is 5.56 Å². The highest BCUT2D eigenvalue weighted by Gasteiger charge is 2.11. The molecule has 0 spiro atoms. The van der Waals surface area contributed by atoms with Crippen LogP contribution in [-0.4, -0.2) is 20.9 Å². The molecule has 0 fully saturated rings. The van der Waals surface area contributed by atoms with Crippen LogP contribution in [0.15, 0.2) is 90.2 Å². The number of hydrogen-bond donors (Lipinski definition) is 2. The smallest absolute Gasteiger partial charge is 0.273 e. The Morgan fingerprint density at radius 2 is 1.71 bits per heavy atom. The normalized spacial score (nSPS) is 10.6. The van der Waals surface area contributed by atoms with E-state index in [2.05, 4.69) is 32.4 Å². The number of amides is 1. The van der Waals surface area contributed by atoms with Crippen molar-refractivity contribution in [3.63, 3.8) is 0 Å². The van der Waals surface area contributed by atoms with Crippen LogP contribution in [0.25, 0.3) is 11.4 Å². The van der Waals surface area contributed by atoms with Gasteiger partial charge in [0, 0.05) is 22.4 Å². The summed E-state index contributed by atoms with van der Waals surface area (Å²) in [6.45, 7) is 0. The Kier molecular flexibility index (Phi) is 5.49. The van der Waals surface area contributed by atoms with E-state index in [-0.39, 0.29) is 5.91 Å². The van der Waals surface area contributed by atoms with Crippen molar-refractivity contribution in [2.45, 2.75) is 10.6 Å². The average molecular weight is 386 g/mol. The molecule has 4 aromatic rings. The predicted molar refractivity (Wildman–Crippen MR) is 112 cm³/mol. The van der Waals surface area contributed by atoms with Crippen LogP contribution >= 0.6 is 11.8 Å². The van der Waals surface area contributed by atoms with E-state index in [0.717, 1.165) is 16.2 Å². The van der Waals surface area contributed by atoms with Gasteiger partial charge in [-0.05, 0) is 11.6 Å². The topological polar surface area (TPSA) is 70.7 Å². The highest BCUT2D eigenvalue weighted by Crippen LogP contribution is 2.24. The molecule has 1 amide bonds. The lowest BCUT2D eigenvalue weighted by Gasteiger charge is -2.06. The Balaban J connectivity index is 1.41. The maximum Gasteiger partial charge on any atom is 0.273 e. The number of anilines is 1. The predicted octanol–water partition coefficient (Wildman–Crippen LogP) is 5.02. The number of aromatic amines is 1. The molecule has 0 aliphatic rings. The lowest BCUT2D eigenvalue weighted by atomic mass is 10.2. The second-order valence-electron chi connectivity index (χ2n) is 6.15. The van der Waals surface area contributed by atoms with Gasteiger partial charge in [-0.2, -0.15) is 0 Å². The summed E-state index contributed by atoms with van der Waals surface area (Å²) in [7, 11) is 0. The van der Waals surface area contributed by atoms with Gasteiger partial charge in [-0.25, -0.2) is 4.98 Å². The van der Waals surface area contributed by atoms with Crippen molar-refractivity contribution < 1.29 is 4.79 Å². The van der Waals surface area contributed by atoms with E-state index in [4.69, 9.17) is 0 Å². The standard InChI is InChI=1S/C22H18N4OS/c27-22(20-14-24-21(26-20)17-9-5-2-6-10-17)25-18-11-19(13-23-12-18)28-15-16-7-3-1-4-8-16/h1-14H,15H2,(H,24,26)(H,25,27). The van der Waals surface area contributed by atoms with E-state index < -0.39 is 0 Å². The second kappa shape index (κ2) is 8.54. The lowest BCUT2D eigenvalue weighted by Crippen LogP contribution is -2.12.